The van der Waals surface area contributed by atoms with Crippen LogP contribution >= 0.6 is 23.1 Å². The van der Waals surface area contributed by atoms with Crippen molar-refractivity contribution in [3.8, 4) is 0 Å². The third-order valence-electron chi connectivity index (χ3n) is 3.14. The number of anilines is 3. The van der Waals surface area contributed by atoms with Gasteiger partial charge in [0.15, 0.2) is 10.3 Å². The Morgan fingerprint density at radius 2 is 2.00 bits per heavy atom. The van der Waals surface area contributed by atoms with Gasteiger partial charge in [-0.1, -0.05) is 30.0 Å². The van der Waals surface area contributed by atoms with Crippen LogP contribution in [0.2, 0.25) is 0 Å². The maximum atomic E-state index is 5.74. The topological polar surface area (TPSA) is 76.7 Å². The van der Waals surface area contributed by atoms with Gasteiger partial charge in [-0.2, -0.15) is 0 Å². The van der Waals surface area contributed by atoms with Crippen molar-refractivity contribution in [2.45, 2.75) is 24.8 Å². The van der Waals surface area contributed by atoms with Gasteiger partial charge in [-0.15, -0.1) is 11.3 Å². The van der Waals surface area contributed by atoms with Crippen molar-refractivity contribution in [2.24, 2.45) is 0 Å². The molecule has 0 amide bonds. The molecule has 0 atom stereocenters. The molecule has 2 aromatic heterocycles. The van der Waals surface area contributed by atoms with Gasteiger partial charge in [0.25, 0.3) is 0 Å². The van der Waals surface area contributed by atoms with Crippen molar-refractivity contribution >= 4 is 39.7 Å². The van der Waals surface area contributed by atoms with E-state index in [9.17, 15) is 0 Å². The summed E-state index contributed by atoms with van der Waals surface area (Å²) in [5, 5.41) is 6.98. The van der Waals surface area contributed by atoms with Crippen molar-refractivity contribution < 1.29 is 0 Å². The van der Waals surface area contributed by atoms with Crippen molar-refractivity contribution in [1.29, 1.82) is 0 Å². The Morgan fingerprint density at radius 3 is 2.78 bits per heavy atom. The summed E-state index contributed by atoms with van der Waals surface area (Å²) in [7, 11) is 0. The summed E-state index contributed by atoms with van der Waals surface area (Å²) in [5.41, 5.74) is 9.90. The molecule has 23 heavy (non-hydrogen) atoms. The van der Waals surface area contributed by atoms with Gasteiger partial charge in [0.05, 0.1) is 5.69 Å². The molecule has 0 spiro atoms. The quantitative estimate of drug-likeness (QED) is 0.535. The first kappa shape index (κ1) is 15.8. The molecule has 0 aliphatic heterocycles. The average molecular weight is 343 g/mol. The lowest BCUT2D eigenvalue weighted by Gasteiger charge is -2.05. The van der Waals surface area contributed by atoms with Crippen LogP contribution in [0.4, 0.5) is 16.6 Å². The standard InChI is InChI=1S/C16H17N5S2/c1-10-5-3-4-6-13(10)20-16-19-12(9-23-16)8-22-15-18-11(2)7-14(17)21-15/h3-7,9H,8H2,1-2H3,(H,19,20)(H2,17,18,21). The van der Waals surface area contributed by atoms with Gasteiger partial charge in [-0.25, -0.2) is 15.0 Å². The minimum absolute atomic E-state index is 0.500. The number of nitrogen functional groups attached to an aromatic ring is 1. The molecule has 1 aromatic carbocycles. The van der Waals surface area contributed by atoms with E-state index in [0.717, 1.165) is 28.0 Å². The van der Waals surface area contributed by atoms with E-state index in [1.807, 2.05) is 24.4 Å². The Morgan fingerprint density at radius 1 is 1.17 bits per heavy atom. The molecule has 0 fully saturated rings. The minimum atomic E-state index is 0.500. The molecule has 3 rings (SSSR count). The number of aromatic nitrogens is 3. The lowest BCUT2D eigenvalue weighted by atomic mass is 10.2. The molecule has 3 N–H and O–H groups in total. The van der Waals surface area contributed by atoms with Crippen LogP contribution in [0.3, 0.4) is 0 Å². The number of nitrogens with one attached hydrogen (secondary N) is 1. The second-order valence-electron chi connectivity index (χ2n) is 5.09. The van der Waals surface area contributed by atoms with Crippen LogP contribution < -0.4 is 11.1 Å². The summed E-state index contributed by atoms with van der Waals surface area (Å²) in [6.45, 7) is 3.99. The van der Waals surface area contributed by atoms with E-state index in [1.165, 1.54) is 17.3 Å². The second kappa shape index (κ2) is 6.97. The molecule has 3 aromatic rings. The van der Waals surface area contributed by atoms with Crippen molar-refractivity contribution in [3.05, 3.63) is 52.7 Å². The van der Waals surface area contributed by atoms with E-state index in [1.54, 1.807) is 17.4 Å². The van der Waals surface area contributed by atoms with E-state index < -0.39 is 0 Å². The number of thiazole rings is 1. The fraction of sp³-hybridized carbons (Fsp3) is 0.188. The number of hydrogen-bond donors (Lipinski definition) is 2. The second-order valence-corrected chi connectivity index (χ2v) is 6.89. The number of benzene rings is 1. The van der Waals surface area contributed by atoms with E-state index in [4.69, 9.17) is 5.73 Å². The molecule has 0 aliphatic carbocycles. The zero-order valence-electron chi connectivity index (χ0n) is 12.9. The highest BCUT2D eigenvalue weighted by Crippen LogP contribution is 2.26. The summed E-state index contributed by atoms with van der Waals surface area (Å²) in [5.74, 6) is 1.22. The Hall–Kier alpha value is -2.12. The summed E-state index contributed by atoms with van der Waals surface area (Å²) in [6.07, 6.45) is 0. The van der Waals surface area contributed by atoms with Crippen molar-refractivity contribution in [1.82, 2.24) is 15.0 Å². The molecule has 0 radical (unpaired) electrons. The largest absolute Gasteiger partial charge is 0.384 e. The first-order valence-electron chi connectivity index (χ1n) is 7.11. The highest BCUT2D eigenvalue weighted by Gasteiger charge is 2.07. The molecule has 0 aliphatic rings. The fourth-order valence-corrected chi connectivity index (χ4v) is 3.66. The third kappa shape index (κ3) is 4.20. The van der Waals surface area contributed by atoms with Gasteiger partial charge >= 0.3 is 0 Å². The smallest absolute Gasteiger partial charge is 0.190 e. The van der Waals surface area contributed by atoms with E-state index in [-0.39, 0.29) is 0 Å². The SMILES string of the molecule is Cc1cc(N)nc(SCc2csc(Nc3ccccc3C)n2)n1. The van der Waals surface area contributed by atoms with Crippen LogP contribution in [0.15, 0.2) is 40.9 Å². The predicted molar refractivity (Wildman–Crippen MR) is 97.3 cm³/mol. The minimum Gasteiger partial charge on any atom is -0.384 e. The van der Waals surface area contributed by atoms with Crippen molar-refractivity contribution in [3.63, 3.8) is 0 Å². The molecule has 2 heterocycles. The Bertz CT molecular complexity index is 795. The number of nitrogens with zero attached hydrogens (tertiary/aromatic N) is 3. The zero-order chi connectivity index (χ0) is 16.2. The molecular weight excluding hydrogens is 326 g/mol. The molecule has 7 heteroatoms. The number of rotatable bonds is 5. The monoisotopic (exact) mass is 343 g/mol. The van der Waals surface area contributed by atoms with Crippen LogP contribution in [-0.4, -0.2) is 15.0 Å². The number of hydrogen-bond acceptors (Lipinski definition) is 7. The number of nitrogens with two attached hydrogens (primary N) is 1. The lowest BCUT2D eigenvalue weighted by molar-refractivity contribution is 0.939. The van der Waals surface area contributed by atoms with Gasteiger partial charge < -0.3 is 11.1 Å². The highest BCUT2D eigenvalue weighted by atomic mass is 32.2. The van der Waals surface area contributed by atoms with Gasteiger partial charge in [0.1, 0.15) is 5.82 Å². The maximum Gasteiger partial charge on any atom is 0.190 e. The number of aryl methyl sites for hydroxylation is 2. The van der Waals surface area contributed by atoms with Gasteiger partial charge in [0.2, 0.25) is 0 Å². The normalized spacial score (nSPS) is 10.7. The first-order valence-corrected chi connectivity index (χ1v) is 8.98. The number of thioether (sulfide) groups is 1. The zero-order valence-corrected chi connectivity index (χ0v) is 14.5. The summed E-state index contributed by atoms with van der Waals surface area (Å²) >= 11 is 3.13. The van der Waals surface area contributed by atoms with Gasteiger partial charge in [-0.3, -0.25) is 0 Å². The molecule has 0 saturated carbocycles. The van der Waals surface area contributed by atoms with E-state index >= 15 is 0 Å². The summed E-state index contributed by atoms with van der Waals surface area (Å²) in [6, 6.07) is 9.93. The molecule has 0 unspecified atom stereocenters. The predicted octanol–water partition coefficient (Wildman–Crippen LogP) is 4.17. The average Bonchev–Trinajstić information content (AvgIpc) is 2.94. The van der Waals surface area contributed by atoms with Crippen LogP contribution in [0.1, 0.15) is 17.0 Å². The van der Waals surface area contributed by atoms with Crippen molar-refractivity contribution in [2.75, 3.05) is 11.1 Å². The van der Waals surface area contributed by atoms with Gasteiger partial charge in [-0.05, 0) is 25.5 Å². The van der Waals surface area contributed by atoms with E-state index in [0.29, 0.717) is 11.0 Å². The maximum absolute atomic E-state index is 5.74. The fourth-order valence-electron chi connectivity index (χ4n) is 2.03. The van der Waals surface area contributed by atoms with E-state index in [2.05, 4.69) is 39.3 Å². The summed E-state index contributed by atoms with van der Waals surface area (Å²) < 4.78 is 0. The highest BCUT2D eigenvalue weighted by molar-refractivity contribution is 7.98. The van der Waals surface area contributed by atoms with Crippen LogP contribution in [0.5, 0.6) is 0 Å². The molecule has 5 nitrogen and oxygen atoms in total. The Labute approximate surface area is 143 Å². The molecule has 0 saturated heterocycles. The third-order valence-corrected chi connectivity index (χ3v) is 4.83. The Balaban J connectivity index is 1.64. The van der Waals surface area contributed by atoms with Crippen LogP contribution in [-0.2, 0) is 5.75 Å². The van der Waals surface area contributed by atoms with Crippen LogP contribution in [0.25, 0.3) is 0 Å². The summed E-state index contributed by atoms with van der Waals surface area (Å²) in [4.78, 5) is 13.2. The Kier molecular flexibility index (Phi) is 4.78. The molecular formula is C16H17N5S2. The first-order chi connectivity index (χ1) is 11.1. The molecule has 118 valence electrons. The number of para-hydroxylation sites is 1. The molecule has 0 bridgehead atoms. The lowest BCUT2D eigenvalue weighted by Crippen LogP contribution is -1.97. The van der Waals surface area contributed by atoms with Gasteiger partial charge in [0, 0.05) is 28.6 Å². The van der Waals surface area contributed by atoms with Crippen LogP contribution in [0, 0.1) is 13.8 Å².